The second-order valence-electron chi connectivity index (χ2n) is 6.58. The van der Waals surface area contributed by atoms with E-state index < -0.39 is 11.8 Å². The molecule has 2 aliphatic rings. The van der Waals surface area contributed by atoms with Crippen molar-refractivity contribution in [3.05, 3.63) is 53.9 Å². The van der Waals surface area contributed by atoms with Gasteiger partial charge >= 0.3 is 0 Å². The molecule has 1 atom stereocenters. The van der Waals surface area contributed by atoms with Gasteiger partial charge in [0.1, 0.15) is 6.54 Å². The van der Waals surface area contributed by atoms with Gasteiger partial charge in [0.25, 0.3) is 11.8 Å². The molecule has 1 aromatic carbocycles. The van der Waals surface area contributed by atoms with Gasteiger partial charge in [-0.1, -0.05) is 12.1 Å². The lowest BCUT2D eigenvalue weighted by molar-refractivity contribution is -0.121. The van der Waals surface area contributed by atoms with E-state index in [1.54, 1.807) is 42.7 Å². The molecule has 3 amide bonds. The average molecular weight is 365 g/mol. The number of amides is 3. The van der Waals surface area contributed by atoms with Gasteiger partial charge in [0.2, 0.25) is 11.9 Å². The summed E-state index contributed by atoms with van der Waals surface area (Å²) in [5.74, 6) is -0.559. The molecule has 8 nitrogen and oxygen atoms in total. The van der Waals surface area contributed by atoms with Crippen LogP contribution in [0.4, 0.5) is 5.95 Å². The van der Waals surface area contributed by atoms with E-state index in [2.05, 4.69) is 20.2 Å². The molecule has 0 bridgehead atoms. The third-order valence-corrected chi connectivity index (χ3v) is 4.90. The van der Waals surface area contributed by atoms with Crippen molar-refractivity contribution in [1.29, 1.82) is 0 Å². The quantitative estimate of drug-likeness (QED) is 0.790. The SMILES string of the molecule is O=C(CN1C(=O)c2ccccc2C1=O)NCC1CCCN1c1ncccn1. The zero-order chi connectivity index (χ0) is 18.8. The lowest BCUT2D eigenvalue weighted by Gasteiger charge is -2.25. The van der Waals surface area contributed by atoms with Crippen LogP contribution in [-0.4, -0.2) is 58.3 Å². The minimum atomic E-state index is -0.425. The molecule has 0 aliphatic carbocycles. The van der Waals surface area contributed by atoms with Crippen LogP contribution in [0.1, 0.15) is 33.6 Å². The Morgan fingerprint density at radius 2 is 1.74 bits per heavy atom. The first-order valence-corrected chi connectivity index (χ1v) is 8.91. The van der Waals surface area contributed by atoms with E-state index in [4.69, 9.17) is 0 Å². The lowest BCUT2D eigenvalue weighted by Crippen LogP contribution is -2.45. The summed E-state index contributed by atoms with van der Waals surface area (Å²) < 4.78 is 0. The van der Waals surface area contributed by atoms with Crippen molar-refractivity contribution < 1.29 is 14.4 Å². The van der Waals surface area contributed by atoms with Crippen LogP contribution in [0.5, 0.6) is 0 Å². The average Bonchev–Trinajstić information content (AvgIpc) is 3.26. The van der Waals surface area contributed by atoms with E-state index in [9.17, 15) is 14.4 Å². The first-order chi connectivity index (χ1) is 13.1. The summed E-state index contributed by atoms with van der Waals surface area (Å²) in [4.78, 5) is 48.6. The molecule has 27 heavy (non-hydrogen) atoms. The van der Waals surface area contributed by atoms with Crippen LogP contribution in [0.3, 0.4) is 0 Å². The Balaban J connectivity index is 1.35. The number of rotatable bonds is 5. The topological polar surface area (TPSA) is 95.5 Å². The molecule has 8 heteroatoms. The van der Waals surface area contributed by atoms with Gasteiger partial charge < -0.3 is 10.2 Å². The van der Waals surface area contributed by atoms with Crippen molar-refractivity contribution in [2.75, 3.05) is 24.5 Å². The van der Waals surface area contributed by atoms with Crippen LogP contribution >= 0.6 is 0 Å². The number of carbonyl (C=O) groups is 3. The lowest BCUT2D eigenvalue weighted by atomic mass is 10.1. The van der Waals surface area contributed by atoms with Gasteiger partial charge in [0.05, 0.1) is 11.1 Å². The number of aromatic nitrogens is 2. The molecule has 2 aliphatic heterocycles. The summed E-state index contributed by atoms with van der Waals surface area (Å²) >= 11 is 0. The first kappa shape index (κ1) is 17.1. The molecule has 1 saturated heterocycles. The van der Waals surface area contributed by atoms with E-state index >= 15 is 0 Å². The molecular weight excluding hydrogens is 346 g/mol. The van der Waals surface area contributed by atoms with Crippen molar-refractivity contribution in [1.82, 2.24) is 20.2 Å². The summed E-state index contributed by atoms with van der Waals surface area (Å²) in [6, 6.07) is 8.46. The van der Waals surface area contributed by atoms with Gasteiger partial charge in [-0.2, -0.15) is 0 Å². The molecule has 1 fully saturated rings. The molecule has 1 N–H and O–H groups in total. The van der Waals surface area contributed by atoms with Crippen LogP contribution in [-0.2, 0) is 4.79 Å². The van der Waals surface area contributed by atoms with Crippen molar-refractivity contribution in [3.8, 4) is 0 Å². The van der Waals surface area contributed by atoms with Gasteiger partial charge in [-0.25, -0.2) is 9.97 Å². The predicted octanol–water partition coefficient (Wildman–Crippen LogP) is 0.858. The summed E-state index contributed by atoms with van der Waals surface area (Å²) in [5.41, 5.74) is 0.692. The maximum atomic E-state index is 12.3. The number of anilines is 1. The summed E-state index contributed by atoms with van der Waals surface area (Å²) in [5, 5.41) is 2.84. The maximum Gasteiger partial charge on any atom is 0.262 e. The highest BCUT2D eigenvalue weighted by molar-refractivity contribution is 6.22. The Hall–Kier alpha value is -3.29. The summed E-state index contributed by atoms with van der Waals surface area (Å²) in [6.07, 6.45) is 5.31. The van der Waals surface area contributed by atoms with Crippen molar-refractivity contribution in [3.63, 3.8) is 0 Å². The van der Waals surface area contributed by atoms with E-state index in [1.807, 2.05) is 0 Å². The van der Waals surface area contributed by atoms with E-state index in [1.165, 1.54) is 0 Å². The number of hydrogen-bond donors (Lipinski definition) is 1. The van der Waals surface area contributed by atoms with E-state index in [0.717, 1.165) is 24.3 Å². The number of hydrogen-bond acceptors (Lipinski definition) is 6. The van der Waals surface area contributed by atoms with Crippen LogP contribution < -0.4 is 10.2 Å². The molecule has 3 heterocycles. The molecule has 0 radical (unpaired) electrons. The second-order valence-corrected chi connectivity index (χ2v) is 6.58. The number of carbonyl (C=O) groups excluding carboxylic acids is 3. The first-order valence-electron chi connectivity index (χ1n) is 8.91. The minimum absolute atomic E-state index is 0.0959. The standard InChI is InChI=1S/C19H19N5O3/c25-16(12-24-17(26)14-6-1-2-7-15(14)18(24)27)22-11-13-5-3-10-23(13)19-20-8-4-9-21-19/h1-2,4,6-9,13H,3,5,10-12H2,(H,22,25). The highest BCUT2D eigenvalue weighted by Crippen LogP contribution is 2.23. The Labute approximate surface area is 156 Å². The number of fused-ring (bicyclic) bond motifs is 1. The summed E-state index contributed by atoms with van der Waals surface area (Å²) in [7, 11) is 0. The number of nitrogens with zero attached hydrogens (tertiary/aromatic N) is 4. The van der Waals surface area contributed by atoms with Crippen molar-refractivity contribution in [2.45, 2.75) is 18.9 Å². The molecule has 0 spiro atoms. The molecule has 1 aromatic heterocycles. The molecule has 1 unspecified atom stereocenters. The number of imide groups is 1. The van der Waals surface area contributed by atoms with Crippen LogP contribution in [0.25, 0.3) is 0 Å². The van der Waals surface area contributed by atoms with E-state index in [0.29, 0.717) is 23.6 Å². The van der Waals surface area contributed by atoms with Gasteiger partial charge in [-0.05, 0) is 31.0 Å². The molecule has 0 saturated carbocycles. The minimum Gasteiger partial charge on any atom is -0.352 e. The third kappa shape index (κ3) is 3.25. The van der Waals surface area contributed by atoms with Crippen LogP contribution in [0.15, 0.2) is 42.7 Å². The fourth-order valence-corrected chi connectivity index (χ4v) is 3.56. The number of nitrogens with one attached hydrogen (secondary N) is 1. The zero-order valence-corrected chi connectivity index (χ0v) is 14.7. The van der Waals surface area contributed by atoms with Gasteiger partial charge in [0, 0.05) is 31.5 Å². The maximum absolute atomic E-state index is 12.3. The fourth-order valence-electron chi connectivity index (χ4n) is 3.56. The highest BCUT2D eigenvalue weighted by atomic mass is 16.2. The Morgan fingerprint density at radius 3 is 2.41 bits per heavy atom. The Morgan fingerprint density at radius 1 is 1.07 bits per heavy atom. The largest absolute Gasteiger partial charge is 0.352 e. The Kier molecular flexibility index (Phi) is 4.53. The second kappa shape index (κ2) is 7.14. The Bertz CT molecular complexity index is 851. The smallest absolute Gasteiger partial charge is 0.262 e. The zero-order valence-electron chi connectivity index (χ0n) is 14.7. The van der Waals surface area contributed by atoms with Crippen LogP contribution in [0.2, 0.25) is 0 Å². The van der Waals surface area contributed by atoms with Gasteiger partial charge in [0.15, 0.2) is 0 Å². The number of benzene rings is 1. The monoisotopic (exact) mass is 365 g/mol. The normalized spacial score (nSPS) is 18.7. The third-order valence-electron chi connectivity index (χ3n) is 4.90. The van der Waals surface area contributed by atoms with Crippen LogP contribution in [0, 0.1) is 0 Å². The van der Waals surface area contributed by atoms with Crippen molar-refractivity contribution in [2.24, 2.45) is 0 Å². The molecule has 138 valence electrons. The highest BCUT2D eigenvalue weighted by Gasteiger charge is 2.36. The molecular formula is C19H19N5O3. The van der Waals surface area contributed by atoms with Gasteiger partial charge in [-0.15, -0.1) is 0 Å². The summed E-state index contributed by atoms with van der Waals surface area (Å²) in [6.45, 7) is 0.976. The van der Waals surface area contributed by atoms with Crippen molar-refractivity contribution >= 4 is 23.7 Å². The molecule has 4 rings (SSSR count). The fraction of sp³-hybridized carbons (Fsp3) is 0.316. The van der Waals surface area contributed by atoms with E-state index in [-0.39, 0.29) is 18.5 Å². The predicted molar refractivity (Wildman–Crippen MR) is 97.2 cm³/mol. The molecule has 2 aromatic rings. The van der Waals surface area contributed by atoms with Gasteiger partial charge in [-0.3, -0.25) is 19.3 Å².